The normalized spacial score (nSPS) is 12.7. The second-order valence-corrected chi connectivity index (χ2v) is 26.1. The minimum absolute atomic E-state index is 0.245. The molecule has 10 rings (SSSR count). The monoisotopic (exact) mass is 994 g/mol. The fraction of sp³-hybridized carbons (Fsp3) is 0.312. The maximum Gasteiger partial charge on any atom is 0.453 e. The molecule has 0 aliphatic heterocycles. The predicted octanol–water partition coefficient (Wildman–Crippen LogP) is 21.0. The summed E-state index contributed by atoms with van der Waals surface area (Å²) in [5.41, 5.74) is 12.8. The molecule has 8 heteroatoms. The fourth-order valence-electron chi connectivity index (χ4n) is 10.3. The Morgan fingerprint density at radius 2 is 0.583 bits per heavy atom. The van der Waals surface area contributed by atoms with E-state index in [9.17, 15) is 0 Å². The quantitative estimate of drug-likeness (QED) is 0.171. The average Bonchev–Trinajstić information content (AvgIpc) is 3.54. The molecule has 0 bridgehead atoms. The Kier molecular flexibility index (Phi) is 12.1. The molecule has 0 radical (unpaired) electrons. The van der Waals surface area contributed by atoms with Crippen molar-refractivity contribution < 1.29 is 25.8 Å². The van der Waals surface area contributed by atoms with E-state index in [1.54, 1.807) is 0 Å². The van der Waals surface area contributed by atoms with E-state index < -0.39 is 16.5 Å². The van der Waals surface area contributed by atoms with Crippen molar-refractivity contribution in [3.63, 3.8) is 0 Å². The molecular formula is C64H68O6P2. The molecule has 6 nitrogen and oxygen atoms in total. The SMILES string of the molecule is Cc1cc(C(C)(C)C)c2op(Oc3ccc4ccccc4c3-c3c(Op4oc5c(C(C)(C)C)cc(C)cc5c5cc(C)cc(C(C)(C)C)c5o4)ccc4ccccc34)oc3c(C(C)(C)C)cc(C)cc3c2c1. The molecule has 0 aliphatic rings. The zero-order chi connectivity index (χ0) is 51.4. The van der Waals surface area contributed by atoms with E-state index in [0.717, 1.165) is 121 Å². The lowest BCUT2D eigenvalue weighted by Crippen LogP contribution is -2.12. The number of aryl methyl sites for hydroxylation is 4. The Morgan fingerprint density at radius 1 is 0.319 bits per heavy atom. The number of fused-ring (bicyclic) bond motifs is 8. The van der Waals surface area contributed by atoms with Crippen LogP contribution in [0.15, 0.2) is 138 Å². The van der Waals surface area contributed by atoms with Crippen LogP contribution in [0.25, 0.3) is 76.5 Å². The van der Waals surface area contributed by atoms with Gasteiger partial charge in [0.25, 0.3) is 0 Å². The third-order valence-electron chi connectivity index (χ3n) is 13.8. The molecule has 0 saturated heterocycles. The summed E-state index contributed by atoms with van der Waals surface area (Å²) >= 11 is 0. The zero-order valence-corrected chi connectivity index (χ0v) is 46.7. The van der Waals surface area contributed by atoms with Crippen LogP contribution in [0, 0.1) is 27.7 Å². The Balaban J connectivity index is 1.30. The number of hydrogen-bond acceptors (Lipinski definition) is 6. The van der Waals surface area contributed by atoms with Gasteiger partial charge in [0.15, 0.2) is 0 Å². The number of rotatable bonds is 5. The highest BCUT2D eigenvalue weighted by Crippen LogP contribution is 2.52. The van der Waals surface area contributed by atoms with Crippen molar-refractivity contribution in [3.05, 3.63) is 166 Å². The maximum atomic E-state index is 7.38. The molecule has 10 aromatic rings. The van der Waals surface area contributed by atoms with Crippen molar-refractivity contribution in [1.82, 2.24) is 0 Å². The second-order valence-electron chi connectivity index (χ2n) is 24.1. The highest BCUT2D eigenvalue weighted by Gasteiger charge is 2.29. The third-order valence-corrected chi connectivity index (χ3v) is 15.8. The molecule has 0 atom stereocenters. The van der Waals surface area contributed by atoms with E-state index in [1.165, 1.54) is 0 Å². The van der Waals surface area contributed by atoms with Gasteiger partial charge in [-0.15, -0.1) is 0 Å². The van der Waals surface area contributed by atoms with Gasteiger partial charge in [0.1, 0.15) is 33.8 Å². The van der Waals surface area contributed by atoms with Crippen LogP contribution in [0.2, 0.25) is 0 Å². The molecule has 72 heavy (non-hydrogen) atoms. The van der Waals surface area contributed by atoms with Crippen LogP contribution in [0.5, 0.6) is 11.5 Å². The molecule has 0 aliphatic carbocycles. The van der Waals surface area contributed by atoms with Crippen molar-refractivity contribution in [3.8, 4) is 22.6 Å². The van der Waals surface area contributed by atoms with Gasteiger partial charge in [-0.25, -0.2) is 0 Å². The predicted molar refractivity (Wildman–Crippen MR) is 305 cm³/mol. The summed E-state index contributed by atoms with van der Waals surface area (Å²) in [7, 11) is -4.22. The average molecular weight is 995 g/mol. The standard InChI is InChI=1S/C64H68O6P2/c1-37-29-45-46-30-38(2)34-50(62(8,9)10)58(46)68-71(67-57(45)49(33-37)61(5,6)7)65-53-27-25-41-21-17-19-23-43(41)55(53)56-44-24-20-18-22-42(44)26-28-54(56)66-72-69-59-47(31-39(3)35-51(59)63(11,12)13)48-32-40(4)36-52(60(48)70-72)64(14,15)16/h17-36H,1-16H3. The molecule has 370 valence electrons. The molecule has 2 heterocycles. The van der Waals surface area contributed by atoms with E-state index in [1.807, 2.05) is 0 Å². The van der Waals surface area contributed by atoms with Gasteiger partial charge >= 0.3 is 16.5 Å². The van der Waals surface area contributed by atoms with Crippen LogP contribution in [0.4, 0.5) is 0 Å². The summed E-state index contributed by atoms with van der Waals surface area (Å²) in [6, 6.07) is 43.1. The highest BCUT2D eigenvalue weighted by atomic mass is 31.1. The van der Waals surface area contributed by atoms with Crippen molar-refractivity contribution in [1.29, 1.82) is 0 Å². The summed E-state index contributed by atoms with van der Waals surface area (Å²) in [6.07, 6.45) is 0. The fourth-order valence-corrected chi connectivity index (χ4v) is 12.5. The van der Waals surface area contributed by atoms with E-state index in [2.05, 4.69) is 232 Å². The first-order valence-corrected chi connectivity index (χ1v) is 27.4. The van der Waals surface area contributed by atoms with E-state index >= 15 is 0 Å². The highest BCUT2D eigenvalue weighted by molar-refractivity contribution is 7.32. The molecule has 0 unspecified atom stereocenters. The zero-order valence-electron chi connectivity index (χ0n) is 44.9. The summed E-state index contributed by atoms with van der Waals surface area (Å²) < 4.78 is 43.7. The smallest absolute Gasteiger partial charge is 0.390 e. The van der Waals surface area contributed by atoms with Gasteiger partial charge in [-0.2, -0.15) is 0 Å². The van der Waals surface area contributed by atoms with Crippen LogP contribution in [-0.2, 0) is 21.7 Å². The molecule has 0 N–H and O–H groups in total. The molecule has 0 saturated carbocycles. The second kappa shape index (κ2) is 17.7. The van der Waals surface area contributed by atoms with Crippen molar-refractivity contribution in [2.75, 3.05) is 0 Å². The Morgan fingerprint density at radius 3 is 0.847 bits per heavy atom. The van der Waals surface area contributed by atoms with Gasteiger partial charge in [0.05, 0.1) is 0 Å². The Labute approximate surface area is 426 Å². The van der Waals surface area contributed by atoms with Crippen LogP contribution in [-0.4, -0.2) is 0 Å². The molecular weight excluding hydrogens is 927 g/mol. The lowest BCUT2D eigenvalue weighted by Gasteiger charge is -2.21. The summed E-state index contributed by atoms with van der Waals surface area (Å²) in [5, 5.41) is 8.09. The van der Waals surface area contributed by atoms with Gasteiger partial charge in [-0.1, -0.05) is 168 Å². The molecule has 8 aromatic carbocycles. The summed E-state index contributed by atoms with van der Waals surface area (Å²) in [5.74, 6) is 1.20. The van der Waals surface area contributed by atoms with Crippen LogP contribution >= 0.6 is 16.5 Å². The minimum atomic E-state index is -2.11. The van der Waals surface area contributed by atoms with E-state index in [-0.39, 0.29) is 21.7 Å². The third kappa shape index (κ3) is 9.11. The number of benzene rings is 8. The van der Waals surface area contributed by atoms with Crippen molar-refractivity contribution in [2.24, 2.45) is 0 Å². The Hall–Kier alpha value is -6.32. The minimum Gasteiger partial charge on any atom is -0.390 e. The van der Waals surface area contributed by atoms with Crippen LogP contribution in [0.1, 0.15) is 128 Å². The van der Waals surface area contributed by atoms with Crippen molar-refractivity contribution in [2.45, 2.75) is 132 Å². The summed E-state index contributed by atoms with van der Waals surface area (Å²) in [4.78, 5) is 0. The van der Waals surface area contributed by atoms with Gasteiger partial charge in [0, 0.05) is 54.9 Å². The van der Waals surface area contributed by atoms with Gasteiger partial charge < -0.3 is 25.8 Å². The van der Waals surface area contributed by atoms with Gasteiger partial charge in [0.2, 0.25) is 0 Å². The summed E-state index contributed by atoms with van der Waals surface area (Å²) in [6.45, 7) is 35.4. The maximum absolute atomic E-state index is 7.38. The van der Waals surface area contributed by atoms with Crippen LogP contribution < -0.4 is 9.05 Å². The number of hydrogen-bond donors (Lipinski definition) is 0. The van der Waals surface area contributed by atoms with Crippen LogP contribution in [0.3, 0.4) is 0 Å². The first-order chi connectivity index (χ1) is 33.8. The molecule has 0 amide bonds. The lowest BCUT2D eigenvalue weighted by atomic mass is 9.83. The van der Waals surface area contributed by atoms with E-state index in [0.29, 0.717) is 11.5 Å². The van der Waals surface area contributed by atoms with Gasteiger partial charge in [-0.3, -0.25) is 0 Å². The largest absolute Gasteiger partial charge is 0.453 e. The molecule has 0 fully saturated rings. The van der Waals surface area contributed by atoms with Crippen molar-refractivity contribution >= 4 is 81.9 Å². The van der Waals surface area contributed by atoms with Gasteiger partial charge in [-0.05, 0) is 130 Å². The Bertz CT molecular complexity index is 3480. The molecule has 2 aromatic heterocycles. The first kappa shape index (κ1) is 49.3. The topological polar surface area (TPSA) is 71.0 Å². The molecule has 0 spiro atoms. The van der Waals surface area contributed by atoms with E-state index in [4.69, 9.17) is 25.8 Å². The lowest BCUT2D eigenvalue weighted by molar-refractivity contribution is 0.485. The first-order valence-electron chi connectivity index (χ1n) is 25.2.